The molecule has 762 valence electrons. The van der Waals surface area contributed by atoms with E-state index in [4.69, 9.17) is 47.6 Å². The average molecular weight is 2090 g/mol. The summed E-state index contributed by atoms with van der Waals surface area (Å²) in [5.74, 6) is 1.14. The van der Waals surface area contributed by atoms with Crippen molar-refractivity contribution >= 4 is 107 Å². The Bertz CT molecular complexity index is 7830. The second-order valence-electron chi connectivity index (χ2n) is 37.7. The topological polar surface area (TPSA) is 478 Å². The molecule has 5 aliphatic heterocycles. The molecule has 2 amide bonds. The van der Waals surface area contributed by atoms with Crippen LogP contribution in [0.1, 0.15) is 139 Å². The Kier molecular flexibility index (Phi) is 30.7. The molecule has 5 fully saturated rings. The van der Waals surface area contributed by atoms with Gasteiger partial charge in [-0.3, -0.25) is 53.8 Å². The van der Waals surface area contributed by atoms with Crippen molar-refractivity contribution in [3.63, 3.8) is 0 Å². The zero-order valence-electron chi connectivity index (χ0n) is 83.1. The van der Waals surface area contributed by atoms with Crippen LogP contribution in [0.5, 0.6) is 0 Å². The Hall–Kier alpha value is -15.8. The van der Waals surface area contributed by atoms with Crippen LogP contribution in [0.2, 0.25) is 0 Å². The number of ether oxygens (including phenoxy) is 1. The molecule has 2 atom stereocenters. The van der Waals surface area contributed by atoms with Crippen molar-refractivity contribution in [2.24, 2.45) is 5.92 Å². The van der Waals surface area contributed by atoms with Gasteiger partial charge in [0.1, 0.15) is 46.9 Å². The van der Waals surface area contributed by atoms with Gasteiger partial charge in [-0.05, 0) is 150 Å². The predicted octanol–water partition coefficient (Wildman–Crippen LogP) is 14.3. The molecule has 0 bridgehead atoms. The number of aromatic nitrogens is 17. The summed E-state index contributed by atoms with van der Waals surface area (Å²) in [6.07, 6.45) is 21.1. The van der Waals surface area contributed by atoms with Crippen LogP contribution in [0.25, 0.3) is 112 Å². The van der Waals surface area contributed by atoms with Gasteiger partial charge in [-0.25, -0.2) is 19.9 Å². The third kappa shape index (κ3) is 21.9. The quantitative estimate of drug-likeness (QED) is 0.0343. The van der Waals surface area contributed by atoms with Crippen molar-refractivity contribution < 1.29 is 47.3 Å². The Morgan fingerprint density at radius 3 is 1.13 bits per heavy atom. The molecular weight excluding hydrogens is 1970 g/mol. The van der Waals surface area contributed by atoms with Crippen LogP contribution >= 0.6 is 15.9 Å². The molecule has 149 heavy (non-hydrogen) atoms. The molecular formula is C110H114BrN27O10S. The molecule has 4 aromatic carbocycles. The number of ketones is 3. The first-order valence-corrected chi connectivity index (χ1v) is 51.9. The molecule has 5 aliphatic rings. The number of hydrogen-bond acceptors (Lipinski definition) is 29. The van der Waals surface area contributed by atoms with E-state index in [0.29, 0.717) is 160 Å². The van der Waals surface area contributed by atoms with Gasteiger partial charge in [0.2, 0.25) is 0 Å². The van der Waals surface area contributed by atoms with E-state index in [2.05, 4.69) is 72.2 Å². The van der Waals surface area contributed by atoms with Crippen LogP contribution in [0.4, 0.5) is 29.1 Å². The molecule has 22 rings (SSSR count). The monoisotopic (exact) mass is 2080 g/mol. The number of likely N-dealkylation sites (tertiary alicyclic amines) is 2. The van der Waals surface area contributed by atoms with Crippen molar-refractivity contribution in [2.75, 3.05) is 120 Å². The number of carbonyl (C=O) groups is 5. The number of anilines is 5. The van der Waals surface area contributed by atoms with Gasteiger partial charge in [0.15, 0.2) is 39.9 Å². The number of carbonyl (C=O) groups excluding carboxylic acids is 5. The number of benzene rings is 4. The molecule has 0 aliphatic carbocycles. The number of fused-ring (bicyclic) bond motifs is 4. The number of morpholine rings is 1. The number of nitrogen functional groups attached to an aromatic ring is 4. The van der Waals surface area contributed by atoms with Crippen molar-refractivity contribution in [3.8, 4) is 89.5 Å². The first-order valence-electron chi connectivity index (χ1n) is 49.8. The van der Waals surface area contributed by atoms with Crippen molar-refractivity contribution in [1.29, 1.82) is 0 Å². The third-order valence-corrected chi connectivity index (χ3v) is 30.9. The summed E-state index contributed by atoms with van der Waals surface area (Å²) in [6.45, 7) is 15.4. The number of aliphatic hydroxyl groups is 2. The smallest absolute Gasteiger partial charge is 0.282 e. The lowest BCUT2D eigenvalue weighted by Crippen LogP contribution is -2.51. The fourth-order valence-electron chi connectivity index (χ4n) is 20.0. The number of pyridine rings is 5. The van der Waals surface area contributed by atoms with Gasteiger partial charge in [-0.1, -0.05) is 152 Å². The largest absolute Gasteiger partial charge is 0.384 e. The maximum absolute atomic E-state index is 13.2. The van der Waals surface area contributed by atoms with E-state index in [1.165, 1.54) is 50.9 Å². The van der Waals surface area contributed by atoms with Gasteiger partial charge >= 0.3 is 0 Å². The van der Waals surface area contributed by atoms with Gasteiger partial charge in [0, 0.05) is 188 Å². The summed E-state index contributed by atoms with van der Waals surface area (Å²) < 4.78 is 41.6. The SMILES string of the molecule is CC(=O)c1c(C2CCN(Cc3cccnc3)CC2)nc2c(-c3ccc(-c4ccccc4)nc3)cnn2c1N.CC(=O)c1c(C2CCN(S(=O)(=O)N3CCOCC3)CC2)nc2c(-c3ccc(-c4ccccc4)nc3)cnn2c1N.CC(=O)c1c(N2CCN(C(=O)[C@@H](C)O)CC2)nc2c(-c3ccc(-c4ccccc4)nc3)cnn2c1N.C[C@@H](O)C(=O)N1CCC(Cc2nc3c(-c4ccc(-c5ccccc5)nc4)cnn3c(N)c2Br)CC1. The van der Waals surface area contributed by atoms with Crippen LogP contribution < -0.4 is 27.8 Å². The lowest BCUT2D eigenvalue weighted by atomic mass is 9.89. The van der Waals surface area contributed by atoms with Crippen molar-refractivity contribution in [3.05, 3.63) is 288 Å². The molecule has 0 spiro atoms. The maximum atomic E-state index is 13.2. The minimum Gasteiger partial charge on any atom is -0.384 e. The van der Waals surface area contributed by atoms with Crippen LogP contribution in [0.15, 0.2) is 248 Å². The van der Waals surface area contributed by atoms with Crippen molar-refractivity contribution in [2.45, 2.75) is 110 Å². The van der Waals surface area contributed by atoms with E-state index in [-0.39, 0.29) is 52.6 Å². The Morgan fingerprint density at radius 1 is 0.396 bits per heavy atom. The number of halogens is 1. The van der Waals surface area contributed by atoms with Gasteiger partial charge < -0.3 is 52.6 Å². The lowest BCUT2D eigenvalue weighted by Gasteiger charge is -2.36. The van der Waals surface area contributed by atoms with E-state index in [1.807, 2.05) is 199 Å². The molecule has 0 unspecified atom stereocenters. The highest BCUT2D eigenvalue weighted by Crippen LogP contribution is 2.42. The van der Waals surface area contributed by atoms with E-state index in [1.54, 1.807) is 69.1 Å². The first-order chi connectivity index (χ1) is 72.2. The zero-order valence-corrected chi connectivity index (χ0v) is 85.5. The number of piperidine rings is 3. The van der Waals surface area contributed by atoms with E-state index >= 15 is 0 Å². The highest BCUT2D eigenvalue weighted by atomic mass is 79.9. The third-order valence-electron chi connectivity index (χ3n) is 28.0. The Balaban J connectivity index is 0.000000125. The van der Waals surface area contributed by atoms with Crippen molar-refractivity contribution in [1.82, 2.24) is 107 Å². The molecule has 39 heteroatoms. The highest BCUT2D eigenvalue weighted by molar-refractivity contribution is 9.10. The maximum Gasteiger partial charge on any atom is 0.282 e. The minimum absolute atomic E-state index is 0.0874. The summed E-state index contributed by atoms with van der Waals surface area (Å²) in [4.78, 5) is 113. The van der Waals surface area contributed by atoms with E-state index in [9.17, 15) is 42.6 Å². The van der Waals surface area contributed by atoms with Crippen LogP contribution in [-0.4, -0.2) is 258 Å². The Morgan fingerprint density at radius 2 is 0.758 bits per heavy atom. The van der Waals surface area contributed by atoms with E-state index in [0.717, 1.165) is 157 Å². The summed E-state index contributed by atoms with van der Waals surface area (Å²) in [6, 6.07) is 59.9. The van der Waals surface area contributed by atoms with Gasteiger partial charge in [-0.2, -0.15) is 55.5 Å². The van der Waals surface area contributed by atoms with Gasteiger partial charge in [-0.15, -0.1) is 0 Å². The molecule has 37 nitrogen and oxygen atoms in total. The number of amides is 2. The summed E-state index contributed by atoms with van der Waals surface area (Å²) in [5.41, 5.74) is 47.3. The number of piperazine rings is 1. The molecule has 17 aromatic rings. The molecule has 5 saturated heterocycles. The number of hydrogen-bond donors (Lipinski definition) is 6. The van der Waals surface area contributed by atoms with Crippen LogP contribution in [0.3, 0.4) is 0 Å². The minimum atomic E-state index is -3.56. The standard InChI is InChI=1S/C30H29N7O.C28H31N7O4S.C26H27BrN6O2.C26H27N7O3/c1-20(38)27-28(23-11-14-36(15-12-23)19-21-6-5-13-32-16-21)35-30-25(18-34-37(30)29(27)31)24-9-10-26(33-17-24)22-7-3-2-4-8-22;1-19(36)25-26(21-9-11-33(12-10-21)40(37,38)34-13-15-39-16-14-34)32-28-23(18-31-35(28)27(25)29)22-7-8-24(30-17-22)20-5-3-2-4-6-20;1-16(34)26(35)32-11-9-17(10-12-32)13-22-23(27)24(28)33-25(31-22)20(15-30-33)19-7-8-21(29-14-19)18-5-3-2-4-6-18;1-16(34)22-23(27)33-24(30-25(22)31-10-12-32(13-11-31)26(36)17(2)35)20(15-29-33)19-8-9-21(28-14-19)18-6-4-3-5-7-18/h2-10,13,16-18,23H,11-12,14-15,19,31H2,1H3;2-8,17-18,21H,9-16,29H2,1H3;2-8,14-17,34H,9-13,28H2,1H3;3-9,14-15,17,35H,10-13,27H2,1-2H3/t;;16-;17-/m..11/s1. The average Bonchev–Trinajstić information content (AvgIpc) is 1.67. The molecule has 10 N–H and O–H groups in total. The fourth-order valence-corrected chi connectivity index (χ4v) is 22.0. The number of nitrogens with zero attached hydrogens (tertiary/aromatic N) is 23. The number of aliphatic hydroxyl groups excluding tert-OH is 2. The second-order valence-corrected chi connectivity index (χ2v) is 40.5. The normalized spacial score (nSPS) is 15.7. The summed E-state index contributed by atoms with van der Waals surface area (Å²) >= 11 is 3.62. The highest BCUT2D eigenvalue weighted by Gasteiger charge is 2.39. The zero-order chi connectivity index (χ0) is 104. The molecule has 0 saturated carbocycles. The van der Waals surface area contributed by atoms with E-state index < -0.39 is 22.4 Å². The Labute approximate surface area is 868 Å². The van der Waals surface area contributed by atoms with Gasteiger partial charge in [0.05, 0.1) is 93.5 Å². The first kappa shape index (κ1) is 102. The van der Waals surface area contributed by atoms with Gasteiger partial charge in [0.25, 0.3) is 22.0 Å². The summed E-state index contributed by atoms with van der Waals surface area (Å²) in [5, 5.41) is 37.0. The number of nitrogens with two attached hydrogens (primary N) is 4. The predicted molar refractivity (Wildman–Crippen MR) is 573 cm³/mol. The lowest BCUT2D eigenvalue weighted by molar-refractivity contribution is -0.140. The number of Topliss-reactive ketones (excluding diaryl/α,β-unsaturated/α-hetero) is 3. The van der Waals surface area contributed by atoms with Crippen LogP contribution in [-0.2, 0) is 37.5 Å². The van der Waals surface area contributed by atoms with Crippen LogP contribution in [0, 0.1) is 5.92 Å². The fraction of sp³-hybridized carbons (Fsp3) is 0.291. The number of rotatable bonds is 22. The molecule has 0 radical (unpaired) electrons. The molecule has 18 heterocycles. The second kappa shape index (κ2) is 44.9. The summed E-state index contributed by atoms with van der Waals surface area (Å²) in [7, 11) is -3.56. The molecule has 13 aromatic heterocycles.